The first-order chi connectivity index (χ1) is 17.9. The lowest BCUT2D eigenvalue weighted by Gasteiger charge is -2.16. The molecule has 0 saturated heterocycles. The molecule has 1 aromatic heterocycles. The lowest BCUT2D eigenvalue weighted by Crippen LogP contribution is -2.33. The monoisotopic (exact) mass is 503 g/mol. The topological polar surface area (TPSA) is 122 Å². The minimum Gasteiger partial charge on any atom is -0.497 e. The molecule has 0 fully saturated rings. The molecule has 0 unspecified atom stereocenters. The number of benzene rings is 3. The molecule has 0 aliphatic rings. The molecule has 4 rings (SSSR count). The molecular weight excluding hydrogens is 477 g/mol. The first-order valence-corrected chi connectivity index (χ1v) is 11.3. The number of hydrogen-bond donors (Lipinski definition) is 4. The van der Waals surface area contributed by atoms with Gasteiger partial charge in [0.2, 0.25) is 23.8 Å². The van der Waals surface area contributed by atoms with E-state index in [1.807, 2.05) is 24.3 Å². The number of halogens is 1. The molecule has 0 bridgehead atoms. The van der Waals surface area contributed by atoms with Gasteiger partial charge in [-0.15, -0.1) is 0 Å². The highest BCUT2D eigenvalue weighted by atomic mass is 19.1. The minimum atomic E-state index is -0.787. The predicted octanol–water partition coefficient (Wildman–Crippen LogP) is 4.95. The summed E-state index contributed by atoms with van der Waals surface area (Å²) in [7, 11) is 3.18. The van der Waals surface area contributed by atoms with E-state index in [4.69, 9.17) is 9.47 Å². The van der Waals surface area contributed by atoms with Gasteiger partial charge >= 0.3 is 0 Å². The van der Waals surface area contributed by atoms with Gasteiger partial charge in [-0.1, -0.05) is 12.1 Å². The van der Waals surface area contributed by atoms with Crippen molar-refractivity contribution >= 4 is 40.8 Å². The van der Waals surface area contributed by atoms with Crippen LogP contribution in [-0.2, 0) is 4.79 Å². The van der Waals surface area contributed by atoms with Crippen LogP contribution in [0.1, 0.15) is 6.92 Å². The molecule has 0 aliphatic heterocycles. The lowest BCUT2D eigenvalue weighted by molar-refractivity contribution is -0.116. The number of ether oxygens (including phenoxy) is 2. The lowest BCUT2D eigenvalue weighted by atomic mass is 10.2. The van der Waals surface area contributed by atoms with Crippen LogP contribution < -0.4 is 30.7 Å². The number of nitrogens with one attached hydrogen (secondary N) is 4. The van der Waals surface area contributed by atoms with Crippen LogP contribution in [0.3, 0.4) is 0 Å². The minimum absolute atomic E-state index is 0.0838. The van der Waals surface area contributed by atoms with Gasteiger partial charge in [0, 0.05) is 11.4 Å². The number of para-hydroxylation sites is 1. The number of anilines is 6. The number of amides is 1. The van der Waals surface area contributed by atoms with Crippen LogP contribution in [0.25, 0.3) is 0 Å². The average molecular weight is 504 g/mol. The SMILES string of the molecule is COc1ccc(Nc2nc(Nc3ccc(OC)cc3)nc(N[C@H](C)C(=O)Nc3ccccc3F)n2)cc1. The highest BCUT2D eigenvalue weighted by Crippen LogP contribution is 2.22. The van der Waals surface area contributed by atoms with E-state index in [0.717, 1.165) is 11.4 Å². The Morgan fingerprint density at radius 3 is 1.73 bits per heavy atom. The van der Waals surface area contributed by atoms with Gasteiger partial charge in [0.15, 0.2) is 0 Å². The van der Waals surface area contributed by atoms with E-state index in [1.165, 1.54) is 12.1 Å². The summed E-state index contributed by atoms with van der Waals surface area (Å²) in [6, 6.07) is 19.6. The first-order valence-electron chi connectivity index (χ1n) is 11.3. The maximum absolute atomic E-state index is 14.0. The van der Waals surface area contributed by atoms with Crippen molar-refractivity contribution in [1.82, 2.24) is 15.0 Å². The van der Waals surface area contributed by atoms with Crippen molar-refractivity contribution in [1.29, 1.82) is 0 Å². The summed E-state index contributed by atoms with van der Waals surface area (Å²) in [5.41, 5.74) is 1.53. The smallest absolute Gasteiger partial charge is 0.246 e. The van der Waals surface area contributed by atoms with Crippen molar-refractivity contribution in [3.8, 4) is 11.5 Å². The molecule has 4 N–H and O–H groups in total. The second-order valence-electron chi connectivity index (χ2n) is 7.85. The Balaban J connectivity index is 1.56. The van der Waals surface area contributed by atoms with Gasteiger partial charge in [0.1, 0.15) is 23.4 Å². The number of methoxy groups -OCH3 is 2. The number of carbonyl (C=O) groups excluding carboxylic acids is 1. The van der Waals surface area contributed by atoms with Crippen molar-refractivity contribution in [2.24, 2.45) is 0 Å². The quantitative estimate of drug-likeness (QED) is 0.238. The number of hydrogen-bond acceptors (Lipinski definition) is 9. The second-order valence-corrected chi connectivity index (χ2v) is 7.85. The van der Waals surface area contributed by atoms with Crippen molar-refractivity contribution < 1.29 is 18.7 Å². The Hall–Kier alpha value is -4.93. The summed E-state index contributed by atoms with van der Waals surface area (Å²) in [5, 5.41) is 11.8. The van der Waals surface area contributed by atoms with Gasteiger partial charge in [-0.05, 0) is 67.6 Å². The molecule has 0 radical (unpaired) electrons. The summed E-state index contributed by atoms with van der Waals surface area (Å²) < 4.78 is 24.3. The van der Waals surface area contributed by atoms with E-state index in [0.29, 0.717) is 11.5 Å². The van der Waals surface area contributed by atoms with Crippen LogP contribution in [0, 0.1) is 5.82 Å². The Morgan fingerprint density at radius 2 is 1.24 bits per heavy atom. The maximum Gasteiger partial charge on any atom is 0.246 e. The van der Waals surface area contributed by atoms with Gasteiger partial charge in [0.25, 0.3) is 0 Å². The number of rotatable bonds is 10. The normalized spacial score (nSPS) is 11.2. The highest BCUT2D eigenvalue weighted by Gasteiger charge is 2.17. The summed E-state index contributed by atoms with van der Waals surface area (Å²) in [6.07, 6.45) is 0. The van der Waals surface area contributed by atoms with Crippen molar-refractivity contribution in [3.05, 3.63) is 78.6 Å². The van der Waals surface area contributed by atoms with Crippen LogP contribution in [0.15, 0.2) is 72.8 Å². The van der Waals surface area contributed by atoms with Gasteiger partial charge in [-0.25, -0.2) is 4.39 Å². The summed E-state index contributed by atoms with van der Waals surface area (Å²) in [6.45, 7) is 1.62. The molecule has 11 heteroatoms. The third-order valence-corrected chi connectivity index (χ3v) is 5.20. The number of aromatic nitrogens is 3. The average Bonchev–Trinajstić information content (AvgIpc) is 2.90. The van der Waals surface area contributed by atoms with E-state index in [1.54, 1.807) is 57.5 Å². The van der Waals surface area contributed by atoms with E-state index in [2.05, 4.69) is 36.2 Å². The molecule has 0 saturated carbocycles. The Labute approximate surface area is 213 Å². The molecule has 0 aliphatic carbocycles. The molecule has 37 heavy (non-hydrogen) atoms. The Morgan fingerprint density at radius 1 is 0.757 bits per heavy atom. The summed E-state index contributed by atoms with van der Waals surface area (Å²) in [5.74, 6) is 1.04. The van der Waals surface area contributed by atoms with Crippen LogP contribution in [0.2, 0.25) is 0 Å². The first kappa shape index (κ1) is 25.2. The molecule has 4 aromatic rings. The molecule has 10 nitrogen and oxygen atoms in total. The molecule has 190 valence electrons. The summed E-state index contributed by atoms with van der Waals surface area (Å²) in [4.78, 5) is 25.9. The van der Waals surface area contributed by atoms with Crippen molar-refractivity contribution in [2.45, 2.75) is 13.0 Å². The second kappa shape index (κ2) is 11.7. The fraction of sp³-hybridized carbons (Fsp3) is 0.154. The van der Waals surface area contributed by atoms with E-state index >= 15 is 0 Å². The van der Waals surface area contributed by atoms with Gasteiger partial charge in [-0.3, -0.25) is 4.79 Å². The van der Waals surface area contributed by atoms with Crippen LogP contribution in [0.4, 0.5) is 39.3 Å². The van der Waals surface area contributed by atoms with E-state index in [9.17, 15) is 9.18 Å². The molecule has 1 atom stereocenters. The molecule has 1 heterocycles. The zero-order chi connectivity index (χ0) is 26.2. The fourth-order valence-corrected chi connectivity index (χ4v) is 3.22. The Bertz CT molecular complexity index is 1280. The van der Waals surface area contributed by atoms with E-state index < -0.39 is 17.8 Å². The maximum atomic E-state index is 14.0. The Kier molecular flexibility index (Phi) is 7.94. The van der Waals surface area contributed by atoms with Crippen molar-refractivity contribution in [3.63, 3.8) is 0 Å². The zero-order valence-electron chi connectivity index (χ0n) is 20.4. The standard InChI is InChI=1S/C26H26FN7O3/c1-16(23(35)31-22-7-5-4-6-21(22)27)28-24-32-25(29-17-8-12-19(36-2)13-9-17)34-26(33-24)30-18-10-14-20(37-3)15-11-18/h4-16H,1-3H3,(H,31,35)(H3,28,29,30,32,33,34)/t16-/m1/s1. The molecule has 3 aromatic carbocycles. The van der Waals surface area contributed by atoms with Gasteiger partial charge in [-0.2, -0.15) is 15.0 Å². The largest absolute Gasteiger partial charge is 0.497 e. The number of nitrogens with zero attached hydrogens (tertiary/aromatic N) is 3. The van der Waals surface area contributed by atoms with Crippen LogP contribution in [-0.4, -0.2) is 41.1 Å². The molecular formula is C26H26FN7O3. The van der Waals surface area contributed by atoms with Crippen LogP contribution in [0.5, 0.6) is 11.5 Å². The summed E-state index contributed by atoms with van der Waals surface area (Å²) >= 11 is 0. The van der Waals surface area contributed by atoms with Crippen LogP contribution >= 0.6 is 0 Å². The third kappa shape index (κ3) is 6.82. The van der Waals surface area contributed by atoms with Crippen molar-refractivity contribution in [2.75, 3.05) is 35.5 Å². The highest BCUT2D eigenvalue weighted by molar-refractivity contribution is 5.96. The van der Waals surface area contributed by atoms with E-state index in [-0.39, 0.29) is 23.5 Å². The molecule has 1 amide bonds. The predicted molar refractivity (Wildman–Crippen MR) is 140 cm³/mol. The fourth-order valence-electron chi connectivity index (χ4n) is 3.22. The van der Waals surface area contributed by atoms with Gasteiger partial charge in [0.05, 0.1) is 19.9 Å². The third-order valence-electron chi connectivity index (χ3n) is 5.20. The van der Waals surface area contributed by atoms with Gasteiger partial charge < -0.3 is 30.7 Å². The zero-order valence-corrected chi connectivity index (χ0v) is 20.4. The number of carbonyl (C=O) groups is 1. The molecule has 0 spiro atoms.